The minimum absolute atomic E-state index is 0.0432. The van der Waals surface area contributed by atoms with E-state index in [1.54, 1.807) is 6.07 Å². The number of rotatable bonds is 8. The summed E-state index contributed by atoms with van der Waals surface area (Å²) >= 11 is 6.06. The van der Waals surface area contributed by atoms with Crippen LogP contribution in [0.3, 0.4) is 0 Å². The fraction of sp³-hybridized carbons (Fsp3) is 0.433. The molecule has 1 aromatic carbocycles. The molecule has 0 radical (unpaired) electrons. The number of fused-ring (bicyclic) bond motifs is 1. The number of aromatic nitrogens is 5. The van der Waals surface area contributed by atoms with Gasteiger partial charge in [-0.1, -0.05) is 17.7 Å². The molecule has 14 heteroatoms. The number of sulfonamides is 1. The molecule has 4 aromatic rings. The van der Waals surface area contributed by atoms with Gasteiger partial charge in [0.2, 0.25) is 16.0 Å². The first-order valence-corrected chi connectivity index (χ1v) is 16.9. The zero-order chi connectivity index (χ0) is 31.3. The highest BCUT2D eigenvalue weighted by atomic mass is 35.5. The molecule has 4 heterocycles. The Balaban J connectivity index is 1.37. The maximum Gasteiger partial charge on any atom is 0.285 e. The number of benzene rings is 1. The minimum atomic E-state index is -3.83. The molecule has 0 spiro atoms. The van der Waals surface area contributed by atoms with Crippen molar-refractivity contribution in [1.82, 2.24) is 29.0 Å². The molecule has 0 unspecified atom stereocenters. The lowest BCUT2D eigenvalue weighted by Crippen LogP contribution is -2.38. The molecule has 12 nitrogen and oxygen atoms in total. The van der Waals surface area contributed by atoms with Crippen LogP contribution in [0.1, 0.15) is 77.9 Å². The number of nitrogens with zero attached hydrogens (tertiary/aromatic N) is 6. The van der Waals surface area contributed by atoms with E-state index in [4.69, 9.17) is 16.6 Å². The second-order valence-corrected chi connectivity index (χ2v) is 14.0. The number of piperidine rings is 1. The standard InChI is InChI=1S/C30H35ClN8O4S/c1-17-15-21(18(2)32-24-7-8-25(31)33-27(24)28(40)36-44(4,42)43)26-22(16-17)29(41)39(20-5-6-20)30(34-26)38-13-9-19(10-14-38)23-11-12-37(3)35-23/h7-8,11-12,15-16,18-20,32H,5-6,9-10,13-14H2,1-4H3,(H,36,40)/t18-/m1/s1. The number of halogens is 1. The Morgan fingerprint density at radius 3 is 2.45 bits per heavy atom. The molecule has 44 heavy (non-hydrogen) atoms. The summed E-state index contributed by atoms with van der Waals surface area (Å²) in [7, 11) is -1.90. The molecule has 0 bridgehead atoms. The van der Waals surface area contributed by atoms with Gasteiger partial charge in [0, 0.05) is 43.9 Å². The van der Waals surface area contributed by atoms with Crippen molar-refractivity contribution in [3.8, 4) is 0 Å². The minimum Gasteiger partial charge on any atom is -0.377 e. The summed E-state index contributed by atoms with van der Waals surface area (Å²) in [6.45, 7) is 5.35. The maximum atomic E-state index is 14.1. The lowest BCUT2D eigenvalue weighted by molar-refractivity contribution is 0.0977. The number of carbonyl (C=O) groups is 1. The van der Waals surface area contributed by atoms with Crippen LogP contribution in [0.25, 0.3) is 10.9 Å². The molecule has 2 N–H and O–H groups in total. The first kappa shape index (κ1) is 30.1. The molecule has 2 aliphatic rings. The molecule has 2 fully saturated rings. The molecular weight excluding hydrogens is 604 g/mol. The third-order valence-corrected chi connectivity index (χ3v) is 8.96. The van der Waals surface area contributed by atoms with Crippen molar-refractivity contribution in [1.29, 1.82) is 0 Å². The van der Waals surface area contributed by atoms with Crippen LogP contribution in [0.4, 0.5) is 11.6 Å². The molecule has 1 aliphatic carbocycles. The van der Waals surface area contributed by atoms with Gasteiger partial charge in [-0.05, 0) is 69.4 Å². The molecule has 1 aliphatic heterocycles. The number of pyridine rings is 1. The van der Waals surface area contributed by atoms with Gasteiger partial charge in [0.1, 0.15) is 5.15 Å². The van der Waals surface area contributed by atoms with E-state index < -0.39 is 22.0 Å². The van der Waals surface area contributed by atoms with Gasteiger partial charge >= 0.3 is 0 Å². The van der Waals surface area contributed by atoms with E-state index in [1.807, 2.05) is 53.2 Å². The summed E-state index contributed by atoms with van der Waals surface area (Å²) in [5.41, 5.74) is 3.43. The Hall–Kier alpha value is -3.97. The van der Waals surface area contributed by atoms with Crippen molar-refractivity contribution in [2.24, 2.45) is 7.05 Å². The third-order valence-electron chi connectivity index (χ3n) is 8.20. The Bertz CT molecular complexity index is 1930. The lowest BCUT2D eigenvalue weighted by Gasteiger charge is -2.33. The van der Waals surface area contributed by atoms with Crippen molar-refractivity contribution in [2.75, 3.05) is 29.6 Å². The van der Waals surface area contributed by atoms with Crippen LogP contribution in [0, 0.1) is 6.92 Å². The van der Waals surface area contributed by atoms with Crippen LogP contribution >= 0.6 is 11.6 Å². The number of amides is 1. The Labute approximate surface area is 260 Å². The fourth-order valence-corrected chi connectivity index (χ4v) is 6.54. The molecule has 232 valence electrons. The van der Waals surface area contributed by atoms with Crippen molar-refractivity contribution in [3.05, 3.63) is 74.6 Å². The number of anilines is 2. The van der Waals surface area contributed by atoms with E-state index in [1.165, 1.54) is 6.07 Å². The normalized spacial score (nSPS) is 16.7. The van der Waals surface area contributed by atoms with Crippen LogP contribution in [0.15, 0.2) is 41.3 Å². The fourth-order valence-electron chi connectivity index (χ4n) is 5.96. The predicted molar refractivity (Wildman–Crippen MR) is 170 cm³/mol. The highest BCUT2D eigenvalue weighted by molar-refractivity contribution is 7.89. The molecule has 1 saturated heterocycles. The second kappa shape index (κ2) is 11.5. The van der Waals surface area contributed by atoms with Gasteiger partial charge in [-0.2, -0.15) is 5.10 Å². The Kier molecular flexibility index (Phi) is 7.87. The Morgan fingerprint density at radius 2 is 1.82 bits per heavy atom. The van der Waals surface area contributed by atoms with E-state index in [0.29, 0.717) is 28.5 Å². The van der Waals surface area contributed by atoms with Gasteiger partial charge in [-0.3, -0.25) is 18.8 Å². The summed E-state index contributed by atoms with van der Waals surface area (Å²) in [6, 6.07) is 8.73. The van der Waals surface area contributed by atoms with E-state index in [0.717, 1.165) is 61.8 Å². The molecule has 3 aromatic heterocycles. The molecule has 1 atom stereocenters. The van der Waals surface area contributed by atoms with Crippen molar-refractivity contribution < 1.29 is 13.2 Å². The first-order chi connectivity index (χ1) is 20.9. The summed E-state index contributed by atoms with van der Waals surface area (Å²) in [5, 5.41) is 8.48. The number of aryl methyl sites for hydroxylation is 2. The summed E-state index contributed by atoms with van der Waals surface area (Å²) in [6.07, 6.45) is 6.58. The molecule has 1 amide bonds. The second-order valence-electron chi connectivity index (χ2n) is 11.8. The zero-order valence-electron chi connectivity index (χ0n) is 25.0. The van der Waals surface area contributed by atoms with Gasteiger partial charge in [0.05, 0.1) is 34.6 Å². The number of hydrogen-bond donors (Lipinski definition) is 2. The number of carbonyl (C=O) groups excluding carboxylic acids is 1. The predicted octanol–water partition coefficient (Wildman–Crippen LogP) is 4.07. The van der Waals surface area contributed by atoms with Crippen LogP contribution in [0.5, 0.6) is 0 Å². The highest BCUT2D eigenvalue weighted by Gasteiger charge is 2.33. The lowest BCUT2D eigenvalue weighted by atomic mass is 9.94. The Morgan fingerprint density at radius 1 is 1.09 bits per heavy atom. The van der Waals surface area contributed by atoms with E-state index in [2.05, 4.69) is 26.4 Å². The average Bonchev–Trinajstić information content (AvgIpc) is 3.71. The van der Waals surface area contributed by atoms with E-state index >= 15 is 0 Å². The highest BCUT2D eigenvalue weighted by Crippen LogP contribution is 2.39. The van der Waals surface area contributed by atoms with Gasteiger partial charge in [-0.15, -0.1) is 0 Å². The molecule has 6 rings (SSSR count). The summed E-state index contributed by atoms with van der Waals surface area (Å²) < 4.78 is 29.1. The number of nitrogens with one attached hydrogen (secondary N) is 2. The van der Waals surface area contributed by atoms with Crippen LogP contribution in [-0.4, -0.2) is 58.0 Å². The third kappa shape index (κ3) is 6.16. The molecular formula is C30H35ClN8O4S. The summed E-state index contributed by atoms with van der Waals surface area (Å²) in [5.74, 6) is 0.141. The van der Waals surface area contributed by atoms with Gasteiger partial charge in [-0.25, -0.2) is 23.1 Å². The first-order valence-electron chi connectivity index (χ1n) is 14.6. The number of hydrogen-bond acceptors (Lipinski definition) is 9. The topological polar surface area (TPSA) is 144 Å². The zero-order valence-corrected chi connectivity index (χ0v) is 26.6. The van der Waals surface area contributed by atoms with E-state index in [9.17, 15) is 18.0 Å². The van der Waals surface area contributed by atoms with Crippen LogP contribution < -0.4 is 20.5 Å². The van der Waals surface area contributed by atoms with Crippen LogP contribution in [0.2, 0.25) is 5.15 Å². The van der Waals surface area contributed by atoms with Crippen LogP contribution in [-0.2, 0) is 17.1 Å². The van der Waals surface area contributed by atoms with Gasteiger partial charge in [0.25, 0.3) is 11.5 Å². The summed E-state index contributed by atoms with van der Waals surface area (Å²) in [4.78, 5) is 38.4. The smallest absolute Gasteiger partial charge is 0.285 e. The largest absolute Gasteiger partial charge is 0.377 e. The van der Waals surface area contributed by atoms with Crippen molar-refractivity contribution in [3.63, 3.8) is 0 Å². The maximum absolute atomic E-state index is 14.1. The van der Waals surface area contributed by atoms with Crippen molar-refractivity contribution in [2.45, 2.75) is 57.5 Å². The molecule has 1 saturated carbocycles. The van der Waals surface area contributed by atoms with E-state index in [-0.39, 0.29) is 22.4 Å². The van der Waals surface area contributed by atoms with Gasteiger partial charge in [0.15, 0.2) is 5.69 Å². The quantitative estimate of drug-likeness (QED) is 0.273. The van der Waals surface area contributed by atoms with Gasteiger partial charge < -0.3 is 10.2 Å². The average molecular weight is 639 g/mol. The SMILES string of the molecule is Cc1cc([C@@H](C)Nc2ccc(Cl)nc2C(=O)NS(C)(=O)=O)c2nc(N3CCC(c4ccn(C)n4)CC3)n(C3CC3)c(=O)c2c1. The monoisotopic (exact) mass is 638 g/mol. The van der Waals surface area contributed by atoms with Crippen molar-refractivity contribution >= 4 is 50.1 Å².